The van der Waals surface area contributed by atoms with Crippen LogP contribution in [-0.4, -0.2) is 55.4 Å². The number of carbonyl (C=O) groups excluding carboxylic acids is 1. The van der Waals surface area contributed by atoms with Crippen molar-refractivity contribution in [1.29, 1.82) is 0 Å². The maximum absolute atomic E-state index is 13.6. The van der Waals surface area contributed by atoms with Crippen molar-refractivity contribution in [2.45, 2.75) is 36.9 Å². The summed E-state index contributed by atoms with van der Waals surface area (Å²) < 4.78 is 25.3. The van der Waals surface area contributed by atoms with E-state index in [1.54, 1.807) is 12.1 Å². The third-order valence-electron chi connectivity index (χ3n) is 6.60. The van der Waals surface area contributed by atoms with Gasteiger partial charge in [0.2, 0.25) is 0 Å². The van der Waals surface area contributed by atoms with Crippen LogP contribution in [-0.2, 0) is 20.7 Å². The van der Waals surface area contributed by atoms with Gasteiger partial charge in [0.25, 0.3) is 5.91 Å². The maximum Gasteiger partial charge on any atom is 0.252 e. The third kappa shape index (κ3) is 3.64. The van der Waals surface area contributed by atoms with Crippen LogP contribution < -0.4 is 5.32 Å². The maximum atomic E-state index is 13.6. The highest BCUT2D eigenvalue weighted by Gasteiger charge is 2.41. The van der Waals surface area contributed by atoms with E-state index >= 15 is 0 Å². The molecule has 2 aromatic carbocycles. The van der Waals surface area contributed by atoms with Gasteiger partial charge in [-0.15, -0.1) is 0 Å². The van der Waals surface area contributed by atoms with E-state index in [0.29, 0.717) is 26.2 Å². The Balaban J connectivity index is 1.43. The summed E-state index contributed by atoms with van der Waals surface area (Å²) >= 11 is 0. The average molecular weight is 410 g/mol. The largest absolute Gasteiger partial charge is 0.379 e. The molecule has 0 unspecified atom stereocenters. The second-order valence-electron chi connectivity index (χ2n) is 8.53. The quantitative estimate of drug-likeness (QED) is 0.827. The Morgan fingerprint density at radius 3 is 2.77 bits per heavy atom. The number of ether oxygens (including phenoxy) is 2. The predicted molar refractivity (Wildman–Crippen MR) is 111 cm³/mol. The fourth-order valence-corrected chi connectivity index (χ4v) is 4.91. The van der Waals surface area contributed by atoms with Crippen LogP contribution in [0.15, 0.2) is 48.5 Å². The van der Waals surface area contributed by atoms with E-state index in [1.807, 2.05) is 17.0 Å². The first-order valence-electron chi connectivity index (χ1n) is 10.7. The number of rotatable bonds is 2. The Hall–Kier alpha value is -2.28. The summed E-state index contributed by atoms with van der Waals surface area (Å²) in [5.74, 6) is -0.264. The van der Waals surface area contributed by atoms with E-state index in [-0.39, 0.29) is 23.3 Å². The number of benzene rings is 2. The third-order valence-corrected chi connectivity index (χ3v) is 6.60. The lowest BCUT2D eigenvalue weighted by molar-refractivity contribution is -0.146. The minimum atomic E-state index is -0.481. The molecular formula is C24H27FN2O3. The van der Waals surface area contributed by atoms with Gasteiger partial charge in [-0.2, -0.15) is 0 Å². The highest BCUT2D eigenvalue weighted by molar-refractivity contribution is 5.82. The molecule has 30 heavy (non-hydrogen) atoms. The summed E-state index contributed by atoms with van der Waals surface area (Å²) in [5, 5.41) is 3.55. The minimum Gasteiger partial charge on any atom is -0.379 e. The molecule has 0 bridgehead atoms. The number of hydrogen-bond donors (Lipinski definition) is 1. The zero-order valence-electron chi connectivity index (χ0n) is 17.0. The highest BCUT2D eigenvalue weighted by atomic mass is 19.1. The van der Waals surface area contributed by atoms with E-state index in [2.05, 4.69) is 17.4 Å². The summed E-state index contributed by atoms with van der Waals surface area (Å²) in [7, 11) is 0. The van der Waals surface area contributed by atoms with Gasteiger partial charge in [0.05, 0.1) is 24.8 Å². The lowest BCUT2D eigenvalue weighted by Gasteiger charge is -2.39. The zero-order valence-corrected chi connectivity index (χ0v) is 17.0. The molecule has 3 heterocycles. The molecule has 5 rings (SSSR count). The average Bonchev–Trinajstić information content (AvgIpc) is 3.13. The smallest absolute Gasteiger partial charge is 0.252 e. The molecular weight excluding hydrogens is 383 g/mol. The topological polar surface area (TPSA) is 50.8 Å². The van der Waals surface area contributed by atoms with E-state index in [9.17, 15) is 9.18 Å². The van der Waals surface area contributed by atoms with Crippen LogP contribution in [0.3, 0.4) is 0 Å². The molecule has 0 aliphatic carbocycles. The fraction of sp³-hybridized carbons (Fsp3) is 0.458. The molecule has 2 saturated heterocycles. The van der Waals surface area contributed by atoms with Crippen LogP contribution in [0.25, 0.3) is 0 Å². The van der Waals surface area contributed by atoms with Crippen LogP contribution in [0.2, 0.25) is 0 Å². The van der Waals surface area contributed by atoms with Crippen LogP contribution in [0.5, 0.6) is 0 Å². The number of nitrogens with zero attached hydrogens (tertiary/aromatic N) is 1. The number of carbonyl (C=O) groups is 1. The number of amides is 1. The summed E-state index contributed by atoms with van der Waals surface area (Å²) in [6, 6.07) is 14.5. The molecule has 0 saturated carbocycles. The second kappa shape index (κ2) is 8.10. The Morgan fingerprint density at radius 2 is 1.97 bits per heavy atom. The molecule has 5 nitrogen and oxygen atoms in total. The molecule has 2 aromatic rings. The molecule has 3 aliphatic heterocycles. The molecule has 1 spiro atoms. The monoisotopic (exact) mass is 410 g/mol. The molecule has 0 radical (unpaired) electrons. The zero-order chi connectivity index (χ0) is 20.6. The SMILES string of the molecule is O=C([C@H]1CCN[C@@]2(CCOC2)CO1)N1CCc2ccccc2[C@@H]1c1ccc(F)cc1. The molecule has 1 amide bonds. The Bertz CT molecular complexity index is 911. The van der Waals surface area contributed by atoms with Gasteiger partial charge in [0.1, 0.15) is 11.9 Å². The van der Waals surface area contributed by atoms with E-state index < -0.39 is 6.10 Å². The van der Waals surface area contributed by atoms with E-state index in [0.717, 1.165) is 37.1 Å². The summed E-state index contributed by atoms with van der Waals surface area (Å²) in [4.78, 5) is 15.6. The molecule has 3 aliphatic rings. The van der Waals surface area contributed by atoms with Gasteiger partial charge in [-0.25, -0.2) is 4.39 Å². The first kappa shape index (κ1) is 19.7. The van der Waals surface area contributed by atoms with Gasteiger partial charge in [-0.3, -0.25) is 4.79 Å². The van der Waals surface area contributed by atoms with Crippen molar-refractivity contribution < 1.29 is 18.7 Å². The molecule has 3 atom stereocenters. The molecule has 6 heteroatoms. The first-order valence-corrected chi connectivity index (χ1v) is 10.7. The van der Waals surface area contributed by atoms with Crippen molar-refractivity contribution >= 4 is 5.91 Å². The van der Waals surface area contributed by atoms with Crippen molar-refractivity contribution in [3.8, 4) is 0 Å². The van der Waals surface area contributed by atoms with Gasteiger partial charge in [-0.05, 0) is 54.6 Å². The Morgan fingerprint density at radius 1 is 1.13 bits per heavy atom. The van der Waals surface area contributed by atoms with Gasteiger partial charge < -0.3 is 19.7 Å². The van der Waals surface area contributed by atoms with Crippen LogP contribution in [0.4, 0.5) is 4.39 Å². The van der Waals surface area contributed by atoms with Crippen molar-refractivity contribution in [2.75, 3.05) is 32.9 Å². The highest BCUT2D eigenvalue weighted by Crippen LogP contribution is 2.36. The molecule has 2 fully saturated rings. The summed E-state index contributed by atoms with van der Waals surface area (Å²) in [6.07, 6.45) is 1.87. The summed E-state index contributed by atoms with van der Waals surface area (Å²) in [5.41, 5.74) is 3.10. The summed E-state index contributed by atoms with van der Waals surface area (Å²) in [6.45, 7) is 3.19. The lowest BCUT2D eigenvalue weighted by atomic mass is 9.87. The molecule has 0 aromatic heterocycles. The number of halogens is 1. The van der Waals surface area contributed by atoms with Crippen molar-refractivity contribution in [3.05, 3.63) is 71.0 Å². The van der Waals surface area contributed by atoms with E-state index in [1.165, 1.54) is 17.7 Å². The Kier molecular flexibility index (Phi) is 5.31. The molecule has 158 valence electrons. The predicted octanol–water partition coefficient (Wildman–Crippen LogP) is 2.84. The number of nitrogens with one attached hydrogen (secondary N) is 1. The van der Waals surface area contributed by atoms with Crippen LogP contribution >= 0.6 is 0 Å². The number of hydrogen-bond acceptors (Lipinski definition) is 4. The van der Waals surface area contributed by atoms with Crippen molar-refractivity contribution in [1.82, 2.24) is 10.2 Å². The normalized spacial score (nSPS) is 28.9. The lowest BCUT2D eigenvalue weighted by Crippen LogP contribution is -2.49. The van der Waals surface area contributed by atoms with E-state index in [4.69, 9.17) is 9.47 Å². The minimum absolute atomic E-state index is 0.0107. The van der Waals surface area contributed by atoms with Gasteiger partial charge >= 0.3 is 0 Å². The number of fused-ring (bicyclic) bond motifs is 1. The van der Waals surface area contributed by atoms with Crippen molar-refractivity contribution in [2.24, 2.45) is 0 Å². The second-order valence-corrected chi connectivity index (χ2v) is 8.53. The standard InChI is InChI=1S/C24H27FN2O3/c25-19-7-5-18(6-8-19)22-20-4-2-1-3-17(20)10-13-27(22)23(28)21-9-12-26-24(16-30-21)11-14-29-15-24/h1-8,21-22,26H,9-16H2/t21-,22+,24-/m1/s1. The first-order chi connectivity index (χ1) is 14.7. The van der Waals surface area contributed by atoms with Gasteiger partial charge in [0.15, 0.2) is 0 Å². The van der Waals surface area contributed by atoms with Crippen molar-refractivity contribution in [3.63, 3.8) is 0 Å². The van der Waals surface area contributed by atoms with Crippen LogP contribution in [0.1, 0.15) is 35.6 Å². The van der Waals surface area contributed by atoms with Gasteiger partial charge in [-0.1, -0.05) is 36.4 Å². The Labute approximate surface area is 176 Å². The fourth-order valence-electron chi connectivity index (χ4n) is 4.91. The molecule has 1 N–H and O–H groups in total. The van der Waals surface area contributed by atoms with Gasteiger partial charge in [0, 0.05) is 13.2 Å². The van der Waals surface area contributed by atoms with Crippen LogP contribution in [0, 0.1) is 5.82 Å².